The van der Waals surface area contributed by atoms with Crippen molar-refractivity contribution in [1.82, 2.24) is 5.32 Å². The molecule has 0 amide bonds. The molecule has 2 saturated heterocycles. The number of hydrogen-bond acceptors (Lipinski definition) is 7. The third kappa shape index (κ3) is 2.54. The van der Waals surface area contributed by atoms with E-state index in [0.717, 1.165) is 0 Å². The summed E-state index contributed by atoms with van der Waals surface area (Å²) in [7, 11) is 1.28. The summed E-state index contributed by atoms with van der Waals surface area (Å²) in [6.45, 7) is 2.95. The first-order valence-corrected chi connectivity index (χ1v) is 5.88. The third-order valence-electron chi connectivity index (χ3n) is 2.90. The Morgan fingerprint density at radius 1 is 1.32 bits per heavy atom. The second kappa shape index (κ2) is 4.56. The molecular weight excluding hydrogens is 254 g/mol. The van der Waals surface area contributed by atoms with Crippen molar-refractivity contribution < 1.29 is 28.6 Å². The largest absolute Gasteiger partial charge is 0.467 e. The molecule has 7 nitrogen and oxygen atoms in total. The number of hydrogen-bond donors (Lipinski definition) is 1. The molecular formula is C12H15NO6. The quantitative estimate of drug-likeness (QED) is 0.407. The van der Waals surface area contributed by atoms with Gasteiger partial charge in [0.2, 0.25) is 0 Å². The van der Waals surface area contributed by atoms with Crippen molar-refractivity contribution in [3.8, 4) is 0 Å². The Morgan fingerprint density at radius 2 is 1.89 bits per heavy atom. The second-order valence-corrected chi connectivity index (χ2v) is 4.79. The van der Waals surface area contributed by atoms with E-state index in [1.807, 2.05) is 0 Å². The summed E-state index contributed by atoms with van der Waals surface area (Å²) in [6, 6.07) is -0.553. The Hall–Kier alpha value is -2.05. The average Bonchev–Trinajstić information content (AvgIpc) is 2.74. The lowest BCUT2D eigenvalue weighted by Gasteiger charge is -2.30. The summed E-state index contributed by atoms with van der Waals surface area (Å²) >= 11 is 0. The van der Waals surface area contributed by atoms with Crippen molar-refractivity contribution in [3.05, 3.63) is 11.3 Å². The van der Waals surface area contributed by atoms with Crippen molar-refractivity contribution in [2.75, 3.05) is 7.11 Å². The molecule has 0 saturated carbocycles. The number of methoxy groups -OCH3 is 1. The minimum atomic E-state index is -1.27. The predicted molar refractivity (Wildman–Crippen MR) is 61.5 cm³/mol. The number of esters is 3. The minimum absolute atomic E-state index is 0.175. The van der Waals surface area contributed by atoms with Crippen LogP contribution in [0.4, 0.5) is 0 Å². The van der Waals surface area contributed by atoms with Crippen molar-refractivity contribution in [3.63, 3.8) is 0 Å². The Labute approximate surface area is 109 Å². The lowest BCUT2D eigenvalue weighted by molar-refractivity contribution is -0.222. The molecule has 1 atom stereocenters. The highest BCUT2D eigenvalue weighted by Gasteiger charge is 2.42. The molecule has 0 radical (unpaired) electrons. The predicted octanol–water partition coefficient (Wildman–Crippen LogP) is 0.00160. The van der Waals surface area contributed by atoms with Crippen LogP contribution in [0.1, 0.15) is 26.7 Å². The topological polar surface area (TPSA) is 90.9 Å². The van der Waals surface area contributed by atoms with E-state index in [9.17, 15) is 14.4 Å². The maximum Gasteiger partial charge on any atom is 0.350 e. The number of carbonyl (C=O) groups excluding carboxylic acids is 3. The van der Waals surface area contributed by atoms with Gasteiger partial charge in [-0.15, -0.1) is 0 Å². The van der Waals surface area contributed by atoms with E-state index in [1.165, 1.54) is 21.0 Å². The van der Waals surface area contributed by atoms with E-state index in [4.69, 9.17) is 9.47 Å². The number of allylic oxidation sites excluding steroid dienone is 1. The van der Waals surface area contributed by atoms with E-state index in [2.05, 4.69) is 10.1 Å². The van der Waals surface area contributed by atoms with Gasteiger partial charge in [-0.2, -0.15) is 0 Å². The molecule has 2 aliphatic heterocycles. The van der Waals surface area contributed by atoms with E-state index >= 15 is 0 Å². The number of ether oxygens (including phenoxy) is 3. The zero-order valence-electron chi connectivity index (χ0n) is 10.9. The molecule has 0 spiro atoms. The molecule has 7 heteroatoms. The van der Waals surface area contributed by atoms with Gasteiger partial charge in [0.05, 0.1) is 7.11 Å². The normalized spacial score (nSPS) is 25.5. The molecule has 2 fully saturated rings. The van der Waals surface area contributed by atoms with Gasteiger partial charge in [0.15, 0.2) is 5.57 Å². The van der Waals surface area contributed by atoms with Crippen LogP contribution < -0.4 is 5.32 Å². The van der Waals surface area contributed by atoms with E-state index in [1.54, 1.807) is 0 Å². The molecule has 0 unspecified atom stereocenters. The Bertz CT molecular complexity index is 457. The molecule has 2 aliphatic rings. The SMILES string of the molecule is COC(=O)[C@@H]1CCC(=C2C(=O)OC(C)(C)OC2=O)N1. The highest BCUT2D eigenvalue weighted by atomic mass is 16.7. The van der Waals surface area contributed by atoms with Crippen LogP contribution in [0.2, 0.25) is 0 Å². The van der Waals surface area contributed by atoms with Crippen molar-refractivity contribution in [1.29, 1.82) is 0 Å². The molecule has 0 aromatic heterocycles. The molecule has 19 heavy (non-hydrogen) atoms. The van der Waals surface area contributed by atoms with Gasteiger partial charge in [0.1, 0.15) is 6.04 Å². The first kappa shape index (κ1) is 13.4. The van der Waals surface area contributed by atoms with Gasteiger partial charge in [-0.25, -0.2) is 14.4 Å². The van der Waals surface area contributed by atoms with Gasteiger partial charge in [-0.3, -0.25) is 0 Å². The van der Waals surface area contributed by atoms with Crippen LogP contribution in [0.15, 0.2) is 11.3 Å². The highest BCUT2D eigenvalue weighted by molar-refractivity contribution is 6.16. The monoisotopic (exact) mass is 269 g/mol. The first-order valence-electron chi connectivity index (χ1n) is 5.88. The fraction of sp³-hybridized carbons (Fsp3) is 0.583. The number of rotatable bonds is 1. The van der Waals surface area contributed by atoms with Gasteiger partial charge >= 0.3 is 17.9 Å². The van der Waals surface area contributed by atoms with Gasteiger partial charge in [0, 0.05) is 19.5 Å². The van der Waals surface area contributed by atoms with Gasteiger partial charge in [-0.1, -0.05) is 0 Å². The van der Waals surface area contributed by atoms with E-state index in [0.29, 0.717) is 18.5 Å². The summed E-state index contributed by atoms with van der Waals surface area (Å²) in [5.41, 5.74) is 0.187. The van der Waals surface area contributed by atoms with Crippen LogP contribution in [0.5, 0.6) is 0 Å². The van der Waals surface area contributed by atoms with Crippen LogP contribution >= 0.6 is 0 Å². The lowest BCUT2D eigenvalue weighted by atomic mass is 10.1. The molecule has 0 aliphatic carbocycles. The molecule has 0 bridgehead atoms. The van der Waals surface area contributed by atoms with Gasteiger partial charge < -0.3 is 19.5 Å². The maximum atomic E-state index is 11.8. The molecule has 1 N–H and O–H groups in total. The zero-order chi connectivity index (χ0) is 14.2. The number of carbonyl (C=O) groups is 3. The molecule has 0 aromatic carbocycles. The van der Waals surface area contributed by atoms with Crippen molar-refractivity contribution >= 4 is 17.9 Å². The van der Waals surface area contributed by atoms with Gasteiger partial charge in [-0.05, 0) is 12.8 Å². The van der Waals surface area contributed by atoms with Crippen LogP contribution in [-0.4, -0.2) is 36.8 Å². The third-order valence-corrected chi connectivity index (χ3v) is 2.90. The Balaban J connectivity index is 2.22. The smallest absolute Gasteiger partial charge is 0.350 e. The van der Waals surface area contributed by atoms with Crippen molar-refractivity contribution in [2.45, 2.75) is 38.5 Å². The fourth-order valence-corrected chi connectivity index (χ4v) is 2.06. The summed E-state index contributed by atoms with van der Waals surface area (Å²) in [4.78, 5) is 35.0. The van der Waals surface area contributed by atoms with Crippen LogP contribution in [0, 0.1) is 0 Å². The average molecular weight is 269 g/mol. The summed E-state index contributed by atoms with van der Waals surface area (Å²) in [5.74, 6) is -3.18. The molecule has 0 aromatic rings. The number of cyclic esters (lactones) is 2. The highest BCUT2D eigenvalue weighted by Crippen LogP contribution is 2.28. The molecule has 2 rings (SSSR count). The van der Waals surface area contributed by atoms with Crippen molar-refractivity contribution in [2.24, 2.45) is 0 Å². The summed E-state index contributed by atoms with van der Waals surface area (Å²) in [5, 5.41) is 2.80. The fourth-order valence-electron chi connectivity index (χ4n) is 2.06. The number of nitrogens with one attached hydrogen (secondary N) is 1. The second-order valence-electron chi connectivity index (χ2n) is 4.79. The molecule has 104 valence electrons. The lowest BCUT2D eigenvalue weighted by Crippen LogP contribution is -2.43. The standard InChI is InChI=1S/C12H15NO6/c1-12(2)18-10(15)8(11(16)19-12)6-4-5-7(13-6)9(14)17-3/h7,13H,4-5H2,1-3H3/t7-/m0/s1. The Kier molecular flexibility index (Phi) is 3.21. The molecule has 2 heterocycles. The van der Waals surface area contributed by atoms with Gasteiger partial charge in [0.25, 0.3) is 5.79 Å². The van der Waals surface area contributed by atoms with E-state index in [-0.39, 0.29) is 5.57 Å². The van der Waals surface area contributed by atoms with Crippen LogP contribution in [-0.2, 0) is 28.6 Å². The minimum Gasteiger partial charge on any atom is -0.467 e. The summed E-state index contributed by atoms with van der Waals surface area (Å²) in [6.07, 6.45) is 0.842. The van der Waals surface area contributed by atoms with Crippen LogP contribution in [0.25, 0.3) is 0 Å². The maximum absolute atomic E-state index is 11.8. The summed E-state index contributed by atoms with van der Waals surface area (Å²) < 4.78 is 14.6. The van der Waals surface area contributed by atoms with E-state index < -0.39 is 29.7 Å². The first-order chi connectivity index (χ1) is 8.84. The van der Waals surface area contributed by atoms with Crippen LogP contribution in [0.3, 0.4) is 0 Å². The zero-order valence-corrected chi connectivity index (χ0v) is 10.9. The Morgan fingerprint density at radius 3 is 2.42 bits per heavy atom.